The van der Waals surface area contributed by atoms with E-state index >= 15 is 0 Å². The van der Waals surface area contributed by atoms with Gasteiger partial charge in [0.2, 0.25) is 5.91 Å². The number of hydrogen-bond donors (Lipinski definition) is 0. The van der Waals surface area contributed by atoms with Crippen molar-refractivity contribution in [2.24, 2.45) is 0 Å². The Morgan fingerprint density at radius 2 is 1.82 bits per heavy atom. The average molecular weight is 360 g/mol. The van der Waals surface area contributed by atoms with Crippen LogP contribution in [0, 0.1) is 0 Å². The molecule has 0 aromatic heterocycles. The van der Waals surface area contributed by atoms with E-state index in [4.69, 9.17) is 4.74 Å². The zero-order valence-corrected chi connectivity index (χ0v) is 14.0. The summed E-state index contributed by atoms with van der Waals surface area (Å²) in [6.07, 6.45) is -0.0723. The van der Waals surface area contributed by atoms with E-state index in [0.29, 0.717) is 6.54 Å². The second-order valence-corrected chi connectivity index (χ2v) is 6.40. The molecule has 0 bridgehead atoms. The minimum absolute atomic E-state index is 0.0460. The first-order valence-corrected chi connectivity index (χ1v) is 8.16. The van der Waals surface area contributed by atoms with Crippen LogP contribution < -0.4 is 0 Å². The van der Waals surface area contributed by atoms with E-state index in [0.717, 1.165) is 15.6 Å². The summed E-state index contributed by atoms with van der Waals surface area (Å²) >= 11 is 3.44. The van der Waals surface area contributed by atoms with Gasteiger partial charge in [-0.1, -0.05) is 58.4 Å². The number of hydrogen-bond acceptors (Lipinski definition) is 2. The van der Waals surface area contributed by atoms with Gasteiger partial charge >= 0.3 is 0 Å². The van der Waals surface area contributed by atoms with Crippen LogP contribution >= 0.6 is 15.9 Å². The molecule has 2 atom stereocenters. The molecule has 3 nitrogen and oxygen atoms in total. The summed E-state index contributed by atoms with van der Waals surface area (Å²) in [5, 5.41) is 0. The lowest BCUT2D eigenvalue weighted by molar-refractivity contribution is -0.152. The number of ether oxygens (including phenoxy) is 1. The first-order valence-electron chi connectivity index (χ1n) is 7.36. The molecule has 0 aliphatic carbocycles. The van der Waals surface area contributed by atoms with Crippen molar-refractivity contribution in [3.8, 4) is 0 Å². The molecule has 0 radical (unpaired) electrons. The standard InChI is InChI=1S/C18H18BrNO2/c1-13(14-5-3-2-4-6-14)20-11-17(22-12-18(20)21)15-7-9-16(19)10-8-15/h2-10,13,17H,11-12H2,1H3/t13-,17+/m0/s1. The van der Waals surface area contributed by atoms with Crippen LogP contribution in [0.15, 0.2) is 59.1 Å². The molecule has 1 heterocycles. The largest absolute Gasteiger partial charge is 0.362 e. The molecule has 2 aromatic carbocycles. The highest BCUT2D eigenvalue weighted by Gasteiger charge is 2.30. The van der Waals surface area contributed by atoms with Gasteiger partial charge in [-0.15, -0.1) is 0 Å². The molecule has 22 heavy (non-hydrogen) atoms. The lowest BCUT2D eigenvalue weighted by Gasteiger charge is -2.37. The Labute approximate surface area is 139 Å². The molecular formula is C18H18BrNO2. The van der Waals surface area contributed by atoms with E-state index in [1.54, 1.807) is 0 Å². The van der Waals surface area contributed by atoms with Gasteiger partial charge in [0.25, 0.3) is 0 Å². The molecule has 0 spiro atoms. The third-order valence-corrected chi connectivity index (χ3v) is 4.61. The van der Waals surface area contributed by atoms with Crippen LogP contribution in [0.3, 0.4) is 0 Å². The van der Waals surface area contributed by atoms with Crippen molar-refractivity contribution in [2.45, 2.75) is 19.1 Å². The molecule has 1 aliphatic rings. The summed E-state index contributed by atoms with van der Waals surface area (Å²) in [4.78, 5) is 14.1. The van der Waals surface area contributed by atoms with Crippen molar-refractivity contribution in [1.82, 2.24) is 4.90 Å². The van der Waals surface area contributed by atoms with Gasteiger partial charge in [0.1, 0.15) is 12.7 Å². The van der Waals surface area contributed by atoms with Gasteiger partial charge < -0.3 is 9.64 Å². The summed E-state index contributed by atoms with van der Waals surface area (Å²) in [5.41, 5.74) is 2.24. The van der Waals surface area contributed by atoms with E-state index in [1.807, 2.05) is 47.4 Å². The first-order chi connectivity index (χ1) is 10.6. The van der Waals surface area contributed by atoms with Crippen molar-refractivity contribution >= 4 is 21.8 Å². The lowest BCUT2D eigenvalue weighted by atomic mass is 10.0. The maximum atomic E-state index is 12.2. The fourth-order valence-electron chi connectivity index (χ4n) is 2.75. The van der Waals surface area contributed by atoms with Crippen LogP contribution in [-0.2, 0) is 9.53 Å². The van der Waals surface area contributed by atoms with Gasteiger partial charge in [0.15, 0.2) is 0 Å². The van der Waals surface area contributed by atoms with E-state index in [-0.39, 0.29) is 24.7 Å². The summed E-state index contributed by atoms with van der Waals surface area (Å²) in [5.74, 6) is 0.0460. The third kappa shape index (κ3) is 3.23. The van der Waals surface area contributed by atoms with Crippen molar-refractivity contribution < 1.29 is 9.53 Å². The lowest BCUT2D eigenvalue weighted by Crippen LogP contribution is -2.44. The average Bonchev–Trinajstić information content (AvgIpc) is 2.56. The number of rotatable bonds is 3. The molecule has 4 heteroatoms. The van der Waals surface area contributed by atoms with Crippen LogP contribution in [0.2, 0.25) is 0 Å². The molecule has 1 saturated heterocycles. The van der Waals surface area contributed by atoms with Crippen LogP contribution in [0.1, 0.15) is 30.2 Å². The molecular weight excluding hydrogens is 342 g/mol. The molecule has 0 N–H and O–H groups in total. The second-order valence-electron chi connectivity index (χ2n) is 5.48. The van der Waals surface area contributed by atoms with Gasteiger partial charge in [0, 0.05) is 4.47 Å². The van der Waals surface area contributed by atoms with Gasteiger partial charge in [-0.3, -0.25) is 4.79 Å². The van der Waals surface area contributed by atoms with Crippen LogP contribution in [-0.4, -0.2) is 24.0 Å². The first kappa shape index (κ1) is 15.3. The number of nitrogens with zero attached hydrogens (tertiary/aromatic N) is 1. The Hall–Kier alpha value is -1.65. The Bertz CT molecular complexity index is 642. The second kappa shape index (κ2) is 6.63. The van der Waals surface area contributed by atoms with Gasteiger partial charge in [-0.05, 0) is 30.2 Å². The molecule has 1 amide bonds. The molecule has 0 saturated carbocycles. The fourth-order valence-corrected chi connectivity index (χ4v) is 3.02. The summed E-state index contributed by atoms with van der Waals surface area (Å²) < 4.78 is 6.77. The molecule has 1 aliphatic heterocycles. The van der Waals surface area contributed by atoms with E-state index in [9.17, 15) is 4.79 Å². The molecule has 3 rings (SSSR count). The van der Waals surface area contributed by atoms with Gasteiger partial charge in [0.05, 0.1) is 12.6 Å². The van der Waals surface area contributed by atoms with Gasteiger partial charge in [-0.2, -0.15) is 0 Å². The number of halogens is 1. The molecule has 1 fully saturated rings. The van der Waals surface area contributed by atoms with Crippen molar-refractivity contribution in [1.29, 1.82) is 0 Å². The SMILES string of the molecule is C[C@@H](c1ccccc1)N1C[C@H](c2ccc(Br)cc2)OCC1=O. The molecule has 0 unspecified atom stereocenters. The smallest absolute Gasteiger partial charge is 0.249 e. The number of amides is 1. The zero-order valence-electron chi connectivity index (χ0n) is 12.4. The maximum absolute atomic E-state index is 12.2. The van der Waals surface area contributed by atoms with E-state index in [1.165, 1.54) is 0 Å². The number of carbonyl (C=O) groups is 1. The van der Waals surface area contributed by atoms with Crippen LogP contribution in [0.4, 0.5) is 0 Å². The minimum Gasteiger partial charge on any atom is -0.362 e. The highest BCUT2D eigenvalue weighted by atomic mass is 79.9. The Kier molecular flexibility index (Phi) is 4.60. The third-order valence-electron chi connectivity index (χ3n) is 4.08. The number of carbonyl (C=O) groups excluding carboxylic acids is 1. The molecule has 114 valence electrons. The zero-order chi connectivity index (χ0) is 15.5. The van der Waals surface area contributed by atoms with Crippen molar-refractivity contribution in [3.63, 3.8) is 0 Å². The van der Waals surface area contributed by atoms with Crippen LogP contribution in [0.25, 0.3) is 0 Å². The van der Waals surface area contributed by atoms with Gasteiger partial charge in [-0.25, -0.2) is 0 Å². The normalized spacial score (nSPS) is 20.0. The van der Waals surface area contributed by atoms with Crippen LogP contribution in [0.5, 0.6) is 0 Å². The highest BCUT2D eigenvalue weighted by Crippen LogP contribution is 2.29. The quantitative estimate of drug-likeness (QED) is 0.825. The monoisotopic (exact) mass is 359 g/mol. The molecule has 2 aromatic rings. The van der Waals surface area contributed by atoms with E-state index < -0.39 is 0 Å². The van der Waals surface area contributed by atoms with Crippen molar-refractivity contribution in [2.75, 3.05) is 13.2 Å². The highest BCUT2D eigenvalue weighted by molar-refractivity contribution is 9.10. The topological polar surface area (TPSA) is 29.5 Å². The summed E-state index contributed by atoms with van der Waals surface area (Å²) in [7, 11) is 0. The maximum Gasteiger partial charge on any atom is 0.249 e. The minimum atomic E-state index is -0.0723. The Balaban J connectivity index is 1.79. The Morgan fingerprint density at radius 3 is 2.50 bits per heavy atom. The van der Waals surface area contributed by atoms with E-state index in [2.05, 4.69) is 35.0 Å². The summed E-state index contributed by atoms with van der Waals surface area (Å²) in [6, 6.07) is 18.2. The predicted octanol–water partition coefficient (Wildman–Crippen LogP) is 4.11. The van der Waals surface area contributed by atoms with Crippen molar-refractivity contribution in [3.05, 3.63) is 70.2 Å². The number of morpholine rings is 1. The Morgan fingerprint density at radius 1 is 1.14 bits per heavy atom. The predicted molar refractivity (Wildman–Crippen MR) is 89.4 cm³/mol. The summed E-state index contributed by atoms with van der Waals surface area (Å²) in [6.45, 7) is 2.78. The number of benzene rings is 2. The fraction of sp³-hybridized carbons (Fsp3) is 0.278.